The zero-order valence-electron chi connectivity index (χ0n) is 15.7. The summed E-state index contributed by atoms with van der Waals surface area (Å²) in [7, 11) is 0. The molecule has 3 aromatic carbocycles. The lowest BCUT2D eigenvalue weighted by atomic mass is 10.1. The molecule has 1 amide bonds. The molecule has 4 aromatic rings. The van der Waals surface area contributed by atoms with Gasteiger partial charge in [0.15, 0.2) is 5.82 Å². The number of halogens is 3. The minimum Gasteiger partial charge on any atom is -0.319 e. The molecule has 30 heavy (non-hydrogen) atoms. The Hall–Kier alpha value is -2.67. The van der Waals surface area contributed by atoms with Crippen LogP contribution in [0.1, 0.15) is 16.2 Å². The SMILES string of the molecule is Cc1cccc(-c2nc(C(=O)Nc3ccc(Cl)c(Cl)c3)nn2-c2ccc(Br)cc2)c1. The van der Waals surface area contributed by atoms with Gasteiger partial charge in [0.05, 0.1) is 15.7 Å². The standard InChI is InChI=1S/C22H15BrCl2N4O/c1-13-3-2-4-14(11-13)21-27-20(28-29(21)17-8-5-15(23)6-9-17)22(30)26-16-7-10-18(24)19(25)12-16/h2-12H,1H3,(H,26,30). The third-order valence-electron chi connectivity index (χ3n) is 4.34. The number of aromatic nitrogens is 3. The van der Waals surface area contributed by atoms with Crippen LogP contribution in [0.15, 0.2) is 71.2 Å². The molecule has 0 radical (unpaired) electrons. The van der Waals surface area contributed by atoms with Gasteiger partial charge in [-0.15, -0.1) is 5.10 Å². The summed E-state index contributed by atoms with van der Waals surface area (Å²) in [4.78, 5) is 17.4. The highest BCUT2D eigenvalue weighted by atomic mass is 79.9. The third-order valence-corrected chi connectivity index (χ3v) is 5.60. The second kappa shape index (κ2) is 8.60. The molecular formula is C22H15BrCl2N4O. The number of hydrogen-bond acceptors (Lipinski definition) is 3. The van der Waals surface area contributed by atoms with E-state index >= 15 is 0 Å². The highest BCUT2D eigenvalue weighted by Crippen LogP contribution is 2.26. The Morgan fingerprint density at radius 2 is 1.77 bits per heavy atom. The van der Waals surface area contributed by atoms with E-state index in [1.54, 1.807) is 22.9 Å². The van der Waals surface area contributed by atoms with Gasteiger partial charge in [-0.25, -0.2) is 9.67 Å². The molecule has 0 fully saturated rings. The first kappa shape index (κ1) is 20.6. The quantitative estimate of drug-likeness (QED) is 0.344. The van der Waals surface area contributed by atoms with Gasteiger partial charge in [-0.2, -0.15) is 0 Å². The van der Waals surface area contributed by atoms with Gasteiger partial charge in [-0.3, -0.25) is 4.79 Å². The van der Waals surface area contributed by atoms with E-state index < -0.39 is 5.91 Å². The number of amides is 1. The molecule has 0 unspecified atom stereocenters. The average molecular weight is 502 g/mol. The number of carbonyl (C=O) groups is 1. The lowest BCUT2D eigenvalue weighted by Gasteiger charge is -2.06. The summed E-state index contributed by atoms with van der Waals surface area (Å²) in [6.45, 7) is 2.00. The van der Waals surface area contributed by atoms with E-state index in [0.717, 1.165) is 21.3 Å². The Morgan fingerprint density at radius 1 is 1.00 bits per heavy atom. The molecule has 0 spiro atoms. The number of anilines is 1. The van der Waals surface area contributed by atoms with Crippen molar-refractivity contribution in [2.75, 3.05) is 5.32 Å². The lowest BCUT2D eigenvalue weighted by Crippen LogP contribution is -2.14. The molecule has 5 nitrogen and oxygen atoms in total. The van der Waals surface area contributed by atoms with E-state index in [-0.39, 0.29) is 5.82 Å². The maximum atomic E-state index is 12.8. The fraction of sp³-hybridized carbons (Fsp3) is 0.0455. The van der Waals surface area contributed by atoms with Crippen molar-refractivity contribution in [1.82, 2.24) is 14.8 Å². The Balaban J connectivity index is 1.75. The number of rotatable bonds is 4. The topological polar surface area (TPSA) is 59.8 Å². The van der Waals surface area contributed by atoms with Crippen LogP contribution in [0.4, 0.5) is 5.69 Å². The molecule has 8 heteroatoms. The Labute approximate surface area is 191 Å². The van der Waals surface area contributed by atoms with Crippen molar-refractivity contribution in [2.45, 2.75) is 6.92 Å². The van der Waals surface area contributed by atoms with Crippen LogP contribution in [0.5, 0.6) is 0 Å². The fourth-order valence-corrected chi connectivity index (χ4v) is 3.46. The van der Waals surface area contributed by atoms with Gasteiger partial charge < -0.3 is 5.32 Å². The number of carbonyl (C=O) groups excluding carboxylic acids is 1. The average Bonchev–Trinajstić information content (AvgIpc) is 3.17. The van der Waals surface area contributed by atoms with Crippen molar-refractivity contribution in [3.05, 3.63) is 92.6 Å². The molecule has 0 bridgehead atoms. The second-order valence-corrected chi connectivity index (χ2v) is 8.33. The highest BCUT2D eigenvalue weighted by molar-refractivity contribution is 9.10. The summed E-state index contributed by atoms with van der Waals surface area (Å²) < 4.78 is 2.60. The number of benzene rings is 3. The molecule has 0 aliphatic carbocycles. The zero-order chi connectivity index (χ0) is 21.3. The van der Waals surface area contributed by atoms with Crippen LogP contribution in [-0.4, -0.2) is 20.7 Å². The van der Waals surface area contributed by atoms with E-state index in [1.807, 2.05) is 55.5 Å². The predicted octanol–water partition coefficient (Wildman–Crippen LogP) is 6.56. The molecule has 1 N–H and O–H groups in total. The summed E-state index contributed by atoms with van der Waals surface area (Å²) >= 11 is 15.4. The van der Waals surface area contributed by atoms with Crippen molar-refractivity contribution in [1.29, 1.82) is 0 Å². The van der Waals surface area contributed by atoms with Crippen molar-refractivity contribution < 1.29 is 4.79 Å². The Bertz CT molecular complexity index is 1240. The second-order valence-electron chi connectivity index (χ2n) is 6.60. The summed E-state index contributed by atoms with van der Waals surface area (Å²) in [6, 6.07) is 20.4. The fourth-order valence-electron chi connectivity index (χ4n) is 2.90. The van der Waals surface area contributed by atoms with Gasteiger partial charge in [-0.1, -0.05) is 62.9 Å². The summed E-state index contributed by atoms with van der Waals surface area (Å²) in [5, 5.41) is 8.00. The van der Waals surface area contributed by atoms with Gasteiger partial charge in [0.1, 0.15) is 0 Å². The predicted molar refractivity (Wildman–Crippen MR) is 124 cm³/mol. The molecule has 0 aliphatic rings. The van der Waals surface area contributed by atoms with Crippen LogP contribution < -0.4 is 5.32 Å². The van der Waals surface area contributed by atoms with Crippen LogP contribution in [0.3, 0.4) is 0 Å². The van der Waals surface area contributed by atoms with E-state index in [4.69, 9.17) is 23.2 Å². The minimum absolute atomic E-state index is 0.0421. The van der Waals surface area contributed by atoms with Gasteiger partial charge in [0.25, 0.3) is 5.91 Å². The van der Waals surface area contributed by atoms with E-state index in [0.29, 0.717) is 21.6 Å². The molecular weight excluding hydrogens is 487 g/mol. The molecule has 1 aromatic heterocycles. The summed E-state index contributed by atoms with van der Waals surface area (Å²) in [5.74, 6) is 0.166. The molecule has 1 heterocycles. The summed E-state index contributed by atoms with van der Waals surface area (Å²) in [5.41, 5.74) is 3.24. The smallest absolute Gasteiger partial charge is 0.295 e. The van der Waals surface area contributed by atoms with Crippen molar-refractivity contribution in [2.24, 2.45) is 0 Å². The maximum Gasteiger partial charge on any atom is 0.295 e. The molecule has 0 aliphatic heterocycles. The number of hydrogen-bond donors (Lipinski definition) is 1. The molecule has 4 rings (SSSR count). The van der Waals surface area contributed by atoms with Gasteiger partial charge in [0.2, 0.25) is 5.82 Å². The molecule has 0 saturated carbocycles. The number of aryl methyl sites for hydroxylation is 1. The van der Waals surface area contributed by atoms with E-state index in [2.05, 4.69) is 31.3 Å². The Morgan fingerprint density at radius 3 is 2.47 bits per heavy atom. The molecule has 150 valence electrons. The van der Waals surface area contributed by atoms with Crippen molar-refractivity contribution >= 4 is 50.7 Å². The highest BCUT2D eigenvalue weighted by Gasteiger charge is 2.19. The van der Waals surface area contributed by atoms with Crippen LogP contribution in [-0.2, 0) is 0 Å². The first-order chi connectivity index (χ1) is 14.4. The van der Waals surface area contributed by atoms with Gasteiger partial charge in [-0.05, 0) is 55.5 Å². The Kier molecular flexibility index (Phi) is 5.90. The van der Waals surface area contributed by atoms with Crippen LogP contribution in [0, 0.1) is 6.92 Å². The monoisotopic (exact) mass is 500 g/mol. The third kappa shape index (κ3) is 4.41. The first-order valence-corrected chi connectivity index (χ1v) is 10.5. The van der Waals surface area contributed by atoms with Crippen LogP contribution in [0.25, 0.3) is 17.1 Å². The summed E-state index contributed by atoms with van der Waals surface area (Å²) in [6.07, 6.45) is 0. The largest absolute Gasteiger partial charge is 0.319 e. The van der Waals surface area contributed by atoms with E-state index in [9.17, 15) is 4.79 Å². The van der Waals surface area contributed by atoms with Crippen LogP contribution >= 0.6 is 39.1 Å². The normalized spacial score (nSPS) is 10.8. The van der Waals surface area contributed by atoms with Crippen molar-refractivity contribution in [3.8, 4) is 17.1 Å². The molecule has 0 saturated heterocycles. The zero-order valence-corrected chi connectivity index (χ0v) is 18.8. The maximum absolute atomic E-state index is 12.8. The van der Waals surface area contributed by atoms with Gasteiger partial charge >= 0.3 is 0 Å². The van der Waals surface area contributed by atoms with Crippen molar-refractivity contribution in [3.63, 3.8) is 0 Å². The molecule has 0 atom stereocenters. The number of nitrogens with zero attached hydrogens (tertiary/aromatic N) is 3. The van der Waals surface area contributed by atoms with E-state index in [1.165, 1.54) is 0 Å². The van der Waals surface area contributed by atoms with Crippen LogP contribution in [0.2, 0.25) is 10.0 Å². The minimum atomic E-state index is -0.446. The van der Waals surface area contributed by atoms with Gasteiger partial charge in [0, 0.05) is 15.7 Å². The first-order valence-electron chi connectivity index (χ1n) is 8.97. The number of nitrogens with one attached hydrogen (secondary N) is 1. The lowest BCUT2D eigenvalue weighted by molar-refractivity contribution is 0.101.